The molecule has 1 aliphatic rings. The van der Waals surface area contributed by atoms with Gasteiger partial charge in [0.15, 0.2) is 5.65 Å². The maximum Gasteiger partial charge on any atom is 0.256 e. The van der Waals surface area contributed by atoms with Crippen LogP contribution in [-0.2, 0) is 6.54 Å². The number of carbonyl (C=O) groups excluding carboxylic acids is 1. The Labute approximate surface area is 171 Å². The third-order valence-corrected chi connectivity index (χ3v) is 5.14. The highest BCUT2D eigenvalue weighted by Gasteiger charge is 2.15. The molecule has 1 fully saturated rings. The number of fused-ring (bicyclic) bond motifs is 1. The second-order valence-corrected chi connectivity index (χ2v) is 7.84. The van der Waals surface area contributed by atoms with Gasteiger partial charge in [-0.3, -0.25) is 4.79 Å². The van der Waals surface area contributed by atoms with Crippen LogP contribution in [0.2, 0.25) is 0 Å². The molecule has 0 atom stereocenters. The van der Waals surface area contributed by atoms with E-state index < -0.39 is 0 Å². The van der Waals surface area contributed by atoms with Gasteiger partial charge in [-0.05, 0) is 56.9 Å². The lowest BCUT2D eigenvalue weighted by molar-refractivity contribution is 0.0944. The number of nitrogens with zero attached hydrogens (tertiary/aromatic N) is 4. The van der Waals surface area contributed by atoms with Gasteiger partial charge in [0.25, 0.3) is 5.91 Å². The first kappa shape index (κ1) is 19.2. The number of benzene rings is 1. The van der Waals surface area contributed by atoms with Crippen LogP contribution >= 0.6 is 0 Å². The molecule has 152 valence electrons. The summed E-state index contributed by atoms with van der Waals surface area (Å²) in [6.07, 6.45) is 7.25. The summed E-state index contributed by atoms with van der Waals surface area (Å²) in [7, 11) is 0. The maximum absolute atomic E-state index is 12.4. The summed E-state index contributed by atoms with van der Waals surface area (Å²) in [4.78, 5) is 19.4. The van der Waals surface area contributed by atoms with Crippen molar-refractivity contribution < 1.29 is 4.79 Å². The smallest absolute Gasteiger partial charge is 0.256 e. The molecule has 2 aromatic heterocycles. The largest absolute Gasteiger partial charge is 0.372 e. The highest BCUT2D eigenvalue weighted by molar-refractivity contribution is 5.99. The standard InChI is InChI=1S/C22H28N6O/c1-16(2)25-22(29)19-15-24-28-12-9-20(26-21(19)28)23-14-17-7-6-8-18(13-17)27-10-4-3-5-11-27/h6-9,12-13,15-16H,3-5,10-11,14H2,1-2H3,(H,23,26)(H,25,29). The third kappa shape index (κ3) is 4.50. The van der Waals surface area contributed by atoms with Crippen LogP contribution in [0.3, 0.4) is 0 Å². The number of hydrogen-bond donors (Lipinski definition) is 2. The Morgan fingerprint density at radius 3 is 2.79 bits per heavy atom. The Morgan fingerprint density at radius 2 is 2.00 bits per heavy atom. The van der Waals surface area contributed by atoms with Crippen LogP contribution in [-0.4, -0.2) is 39.6 Å². The van der Waals surface area contributed by atoms with E-state index in [1.807, 2.05) is 26.1 Å². The topological polar surface area (TPSA) is 74.6 Å². The molecule has 0 spiro atoms. The van der Waals surface area contributed by atoms with Crippen molar-refractivity contribution in [2.75, 3.05) is 23.3 Å². The van der Waals surface area contributed by atoms with E-state index in [-0.39, 0.29) is 11.9 Å². The van der Waals surface area contributed by atoms with E-state index >= 15 is 0 Å². The predicted octanol–water partition coefficient (Wildman–Crippen LogP) is 3.47. The minimum atomic E-state index is -0.158. The van der Waals surface area contributed by atoms with Gasteiger partial charge in [0.1, 0.15) is 11.4 Å². The molecule has 3 aromatic rings. The Kier molecular flexibility index (Phi) is 5.64. The quantitative estimate of drug-likeness (QED) is 0.672. The lowest BCUT2D eigenvalue weighted by atomic mass is 10.1. The molecule has 0 unspecified atom stereocenters. The van der Waals surface area contributed by atoms with Gasteiger partial charge in [0.05, 0.1) is 6.20 Å². The number of rotatable bonds is 6. The van der Waals surface area contributed by atoms with Gasteiger partial charge >= 0.3 is 0 Å². The third-order valence-electron chi connectivity index (χ3n) is 5.14. The van der Waals surface area contributed by atoms with Crippen molar-refractivity contribution >= 4 is 23.1 Å². The highest BCUT2D eigenvalue weighted by atomic mass is 16.1. The molecule has 4 rings (SSSR count). The molecular formula is C22H28N6O. The van der Waals surface area contributed by atoms with Gasteiger partial charge in [0.2, 0.25) is 0 Å². The van der Waals surface area contributed by atoms with Gasteiger partial charge in [0, 0.05) is 37.6 Å². The summed E-state index contributed by atoms with van der Waals surface area (Å²) in [5.74, 6) is 0.564. The minimum absolute atomic E-state index is 0.0611. The number of aromatic nitrogens is 3. The fourth-order valence-corrected chi connectivity index (χ4v) is 3.68. The maximum atomic E-state index is 12.4. The molecule has 29 heavy (non-hydrogen) atoms. The SMILES string of the molecule is CC(C)NC(=O)c1cnn2ccc(NCc3cccc(N4CCCCC4)c3)nc12. The average molecular weight is 393 g/mol. The molecule has 1 aliphatic heterocycles. The fraction of sp³-hybridized carbons (Fsp3) is 0.409. The first-order chi connectivity index (χ1) is 14.1. The molecule has 2 N–H and O–H groups in total. The average Bonchev–Trinajstić information content (AvgIpc) is 3.16. The Morgan fingerprint density at radius 1 is 1.17 bits per heavy atom. The molecule has 7 nitrogen and oxygen atoms in total. The van der Waals surface area contributed by atoms with E-state index in [2.05, 4.69) is 49.9 Å². The van der Waals surface area contributed by atoms with Crippen molar-refractivity contribution in [1.82, 2.24) is 19.9 Å². The molecule has 0 radical (unpaired) electrons. The number of hydrogen-bond acceptors (Lipinski definition) is 5. The molecular weight excluding hydrogens is 364 g/mol. The molecule has 7 heteroatoms. The number of nitrogens with one attached hydrogen (secondary N) is 2. The predicted molar refractivity (Wildman–Crippen MR) is 115 cm³/mol. The van der Waals surface area contributed by atoms with Gasteiger partial charge < -0.3 is 15.5 Å². The summed E-state index contributed by atoms with van der Waals surface area (Å²) in [5, 5.41) is 10.5. The summed E-state index contributed by atoms with van der Waals surface area (Å²) in [5.41, 5.74) is 3.53. The Bertz CT molecular complexity index is 990. The molecule has 0 aliphatic carbocycles. The molecule has 1 aromatic carbocycles. The van der Waals surface area contributed by atoms with Crippen LogP contribution < -0.4 is 15.5 Å². The van der Waals surface area contributed by atoms with E-state index in [1.54, 1.807) is 10.7 Å². The molecule has 1 amide bonds. The number of carbonyl (C=O) groups is 1. The van der Waals surface area contributed by atoms with Crippen molar-refractivity contribution in [2.45, 2.75) is 45.7 Å². The summed E-state index contributed by atoms with van der Waals surface area (Å²) < 4.78 is 1.62. The first-order valence-corrected chi connectivity index (χ1v) is 10.3. The van der Waals surface area contributed by atoms with Gasteiger partial charge in [-0.25, -0.2) is 9.50 Å². The normalized spacial score (nSPS) is 14.4. The van der Waals surface area contributed by atoms with E-state index in [9.17, 15) is 4.79 Å². The van der Waals surface area contributed by atoms with Crippen LogP contribution in [0.15, 0.2) is 42.7 Å². The van der Waals surface area contributed by atoms with Crippen LogP contribution in [0.25, 0.3) is 5.65 Å². The lowest BCUT2D eigenvalue weighted by Gasteiger charge is -2.29. The van der Waals surface area contributed by atoms with Crippen molar-refractivity contribution in [3.05, 3.63) is 53.9 Å². The highest BCUT2D eigenvalue weighted by Crippen LogP contribution is 2.21. The minimum Gasteiger partial charge on any atom is -0.372 e. The molecule has 3 heterocycles. The zero-order valence-corrected chi connectivity index (χ0v) is 17.1. The van der Waals surface area contributed by atoms with E-state index in [1.165, 1.54) is 30.5 Å². The second-order valence-electron chi connectivity index (χ2n) is 7.84. The van der Waals surface area contributed by atoms with Crippen LogP contribution in [0, 0.1) is 0 Å². The van der Waals surface area contributed by atoms with Crippen molar-refractivity contribution in [3.63, 3.8) is 0 Å². The van der Waals surface area contributed by atoms with E-state index in [0.29, 0.717) is 17.8 Å². The van der Waals surface area contributed by atoms with E-state index in [4.69, 9.17) is 0 Å². The van der Waals surface area contributed by atoms with Crippen molar-refractivity contribution in [1.29, 1.82) is 0 Å². The Hall–Kier alpha value is -3.09. The number of anilines is 2. The first-order valence-electron chi connectivity index (χ1n) is 10.3. The van der Waals surface area contributed by atoms with Crippen LogP contribution in [0.5, 0.6) is 0 Å². The molecule has 0 bridgehead atoms. The zero-order valence-electron chi connectivity index (χ0n) is 17.1. The monoisotopic (exact) mass is 392 g/mol. The zero-order chi connectivity index (χ0) is 20.2. The Balaban J connectivity index is 1.48. The molecule has 1 saturated heterocycles. The van der Waals surface area contributed by atoms with Crippen LogP contribution in [0.1, 0.15) is 49.0 Å². The second kappa shape index (κ2) is 8.51. The fourth-order valence-electron chi connectivity index (χ4n) is 3.68. The van der Waals surface area contributed by atoms with Crippen molar-refractivity contribution in [3.8, 4) is 0 Å². The van der Waals surface area contributed by atoms with Crippen LogP contribution in [0.4, 0.5) is 11.5 Å². The number of piperidine rings is 1. The van der Waals surface area contributed by atoms with Crippen molar-refractivity contribution in [2.24, 2.45) is 0 Å². The summed E-state index contributed by atoms with van der Waals surface area (Å²) in [6.45, 7) is 6.81. The van der Waals surface area contributed by atoms with E-state index in [0.717, 1.165) is 18.9 Å². The molecule has 0 saturated carbocycles. The van der Waals surface area contributed by atoms with Gasteiger partial charge in [-0.2, -0.15) is 5.10 Å². The van der Waals surface area contributed by atoms with Gasteiger partial charge in [-0.1, -0.05) is 12.1 Å². The number of amides is 1. The summed E-state index contributed by atoms with van der Waals surface area (Å²) >= 11 is 0. The lowest BCUT2D eigenvalue weighted by Crippen LogP contribution is -2.30. The summed E-state index contributed by atoms with van der Waals surface area (Å²) in [6, 6.07) is 10.6. The van der Waals surface area contributed by atoms with Gasteiger partial charge in [-0.15, -0.1) is 0 Å².